The van der Waals surface area contributed by atoms with Gasteiger partial charge in [-0.05, 0) is 56.9 Å². The highest BCUT2D eigenvalue weighted by Gasteiger charge is 2.47. The first-order valence-corrected chi connectivity index (χ1v) is 10.8. The second-order valence-corrected chi connectivity index (χ2v) is 9.57. The molecular weight excluding hydrogens is 362 g/mol. The highest BCUT2D eigenvalue weighted by molar-refractivity contribution is 7.92. The van der Waals surface area contributed by atoms with Crippen LogP contribution in [-0.4, -0.2) is 41.7 Å². The summed E-state index contributed by atoms with van der Waals surface area (Å²) in [6, 6.07) is 12.4. The maximum atomic E-state index is 12.9. The molecule has 1 N–H and O–H groups in total. The lowest BCUT2D eigenvalue weighted by atomic mass is 10.0. The number of anilines is 1. The van der Waals surface area contributed by atoms with Gasteiger partial charge >= 0.3 is 6.03 Å². The van der Waals surface area contributed by atoms with E-state index in [1.54, 1.807) is 18.2 Å². The van der Waals surface area contributed by atoms with Crippen LogP contribution < -0.4 is 5.32 Å². The third-order valence-corrected chi connectivity index (χ3v) is 7.68. The number of carbonyl (C=O) groups excluding carboxylic acids is 1. The first kappa shape index (κ1) is 18.0. The molecule has 2 bridgehead atoms. The third-order valence-electron chi connectivity index (χ3n) is 5.60. The van der Waals surface area contributed by atoms with Crippen molar-refractivity contribution in [3.63, 3.8) is 0 Å². The Morgan fingerprint density at radius 1 is 1.07 bits per heavy atom. The summed E-state index contributed by atoms with van der Waals surface area (Å²) in [5.41, 5.74) is 1.89. The topological polar surface area (TPSA) is 79.4 Å². The van der Waals surface area contributed by atoms with E-state index >= 15 is 0 Å². The highest BCUT2D eigenvalue weighted by Crippen LogP contribution is 2.39. The number of piperidine rings is 1. The number of hydrogen-bond acceptors (Lipinski definition) is 4. The zero-order chi connectivity index (χ0) is 19.0. The van der Waals surface area contributed by atoms with Gasteiger partial charge in [0.25, 0.3) is 0 Å². The van der Waals surface area contributed by atoms with E-state index in [1.807, 2.05) is 36.1 Å². The van der Waals surface area contributed by atoms with Gasteiger partial charge in [-0.1, -0.05) is 23.8 Å². The summed E-state index contributed by atoms with van der Waals surface area (Å²) in [5, 5.41) is 2.60. The van der Waals surface area contributed by atoms with Crippen LogP contribution in [0.15, 0.2) is 53.7 Å². The van der Waals surface area contributed by atoms with E-state index in [-0.39, 0.29) is 23.1 Å². The quantitative estimate of drug-likeness (QED) is 0.878. The first-order chi connectivity index (χ1) is 12.9. The maximum Gasteiger partial charge on any atom is 0.322 e. The van der Waals surface area contributed by atoms with E-state index in [1.165, 1.54) is 6.20 Å². The van der Waals surface area contributed by atoms with Gasteiger partial charge in [0.1, 0.15) is 0 Å². The van der Waals surface area contributed by atoms with Crippen LogP contribution in [0.25, 0.3) is 0 Å². The summed E-state index contributed by atoms with van der Waals surface area (Å²) in [7, 11) is -3.47. The fraction of sp³-hybridized carbons (Fsp3) is 0.400. The second-order valence-electron chi connectivity index (χ2n) is 7.39. The molecule has 0 radical (unpaired) electrons. The Kier molecular flexibility index (Phi) is 4.63. The number of hydrogen-bond donors (Lipinski definition) is 1. The molecule has 2 aromatic rings. The molecule has 0 spiro atoms. The van der Waals surface area contributed by atoms with Gasteiger partial charge in [0.05, 0.1) is 5.25 Å². The van der Waals surface area contributed by atoms with Crippen molar-refractivity contribution in [3.8, 4) is 0 Å². The largest absolute Gasteiger partial charge is 0.322 e. The molecule has 0 saturated carbocycles. The number of urea groups is 1. The summed E-state index contributed by atoms with van der Waals surface area (Å²) in [4.78, 5) is 18.7. The summed E-state index contributed by atoms with van der Waals surface area (Å²) in [6.07, 6.45) is 4.14. The second kappa shape index (κ2) is 6.96. The van der Waals surface area contributed by atoms with Crippen molar-refractivity contribution in [1.82, 2.24) is 9.88 Å². The molecule has 142 valence electrons. The predicted octanol–water partition coefficient (Wildman–Crippen LogP) is 3.39. The molecule has 2 amide bonds. The van der Waals surface area contributed by atoms with Crippen LogP contribution >= 0.6 is 0 Å². The van der Waals surface area contributed by atoms with Crippen LogP contribution in [0.1, 0.15) is 31.2 Å². The van der Waals surface area contributed by atoms with E-state index in [2.05, 4.69) is 10.3 Å². The van der Waals surface area contributed by atoms with Crippen molar-refractivity contribution < 1.29 is 13.2 Å². The summed E-state index contributed by atoms with van der Waals surface area (Å²) in [5.74, 6) is 0. The van der Waals surface area contributed by atoms with Gasteiger partial charge in [-0.3, -0.25) is 0 Å². The fourth-order valence-electron chi connectivity index (χ4n) is 4.22. The molecule has 1 aromatic heterocycles. The molecule has 0 aliphatic carbocycles. The van der Waals surface area contributed by atoms with Crippen LogP contribution in [0.2, 0.25) is 0 Å². The Balaban J connectivity index is 1.49. The average Bonchev–Trinajstić information content (AvgIpc) is 2.94. The highest BCUT2D eigenvalue weighted by atomic mass is 32.2. The molecule has 3 heterocycles. The molecule has 7 heteroatoms. The summed E-state index contributed by atoms with van der Waals surface area (Å²) < 4.78 is 25.8. The Morgan fingerprint density at radius 2 is 1.74 bits per heavy atom. The van der Waals surface area contributed by atoms with Crippen molar-refractivity contribution in [2.45, 2.75) is 55.0 Å². The van der Waals surface area contributed by atoms with Crippen LogP contribution in [0, 0.1) is 6.92 Å². The molecule has 2 unspecified atom stereocenters. The van der Waals surface area contributed by atoms with Crippen LogP contribution in [0.4, 0.5) is 10.5 Å². The van der Waals surface area contributed by atoms with Crippen molar-refractivity contribution in [3.05, 3.63) is 54.2 Å². The van der Waals surface area contributed by atoms with Gasteiger partial charge in [0.2, 0.25) is 0 Å². The lowest BCUT2D eigenvalue weighted by Gasteiger charge is -2.38. The number of benzene rings is 1. The number of sulfone groups is 1. The summed E-state index contributed by atoms with van der Waals surface area (Å²) >= 11 is 0. The van der Waals surface area contributed by atoms with Gasteiger partial charge in [-0.2, -0.15) is 0 Å². The minimum atomic E-state index is -3.47. The summed E-state index contributed by atoms with van der Waals surface area (Å²) in [6.45, 7) is 2.00. The van der Waals surface area contributed by atoms with Crippen LogP contribution in [-0.2, 0) is 9.84 Å². The molecule has 27 heavy (non-hydrogen) atoms. The first-order valence-electron chi connectivity index (χ1n) is 9.26. The average molecular weight is 385 g/mol. The standard InChI is InChI=1S/C20H23N3O3S/c1-14-5-7-15(8-6-14)22-20(24)23-16-9-10-17(23)13-18(12-16)27(25,26)19-4-2-3-11-21-19/h2-8,11,16-18H,9-10,12-13H2,1H3,(H,22,24)/t16-,17?,18?/m1/s1. The zero-order valence-corrected chi connectivity index (χ0v) is 16.0. The maximum absolute atomic E-state index is 12.9. The number of aromatic nitrogens is 1. The van der Waals surface area contributed by atoms with Crippen molar-refractivity contribution in [1.29, 1.82) is 0 Å². The molecule has 1 aromatic carbocycles. The van der Waals surface area contributed by atoms with Gasteiger partial charge in [0.15, 0.2) is 14.9 Å². The SMILES string of the molecule is Cc1ccc(NC(=O)N2C3CC[C@@H]2CC(S(=O)(=O)c2ccccn2)C3)cc1. The normalized spacial score (nSPS) is 24.6. The number of nitrogens with one attached hydrogen (secondary N) is 1. The molecule has 4 rings (SSSR count). The Bertz CT molecular complexity index is 915. The van der Waals surface area contributed by atoms with Crippen molar-refractivity contribution >= 4 is 21.6 Å². The minimum absolute atomic E-state index is 0.0438. The van der Waals surface area contributed by atoms with E-state index in [0.717, 1.165) is 24.1 Å². The molecule has 2 fully saturated rings. The number of pyridine rings is 1. The number of carbonyl (C=O) groups is 1. The van der Waals surface area contributed by atoms with Gasteiger partial charge in [-0.25, -0.2) is 18.2 Å². The molecule has 2 aliphatic rings. The smallest absolute Gasteiger partial charge is 0.318 e. The lowest BCUT2D eigenvalue weighted by Crippen LogP contribution is -2.51. The number of rotatable bonds is 3. The number of fused-ring (bicyclic) bond motifs is 2. The van der Waals surface area contributed by atoms with E-state index in [9.17, 15) is 13.2 Å². The molecule has 2 aliphatic heterocycles. The van der Waals surface area contributed by atoms with E-state index in [4.69, 9.17) is 0 Å². The van der Waals surface area contributed by atoms with E-state index in [0.29, 0.717) is 12.8 Å². The molecule has 3 atom stereocenters. The van der Waals surface area contributed by atoms with Gasteiger partial charge in [0, 0.05) is 24.0 Å². The number of amides is 2. The molecular formula is C20H23N3O3S. The van der Waals surface area contributed by atoms with Crippen molar-refractivity contribution in [2.24, 2.45) is 0 Å². The Hall–Kier alpha value is -2.41. The number of nitrogens with zero attached hydrogens (tertiary/aromatic N) is 2. The van der Waals surface area contributed by atoms with Crippen molar-refractivity contribution in [2.75, 3.05) is 5.32 Å². The Morgan fingerprint density at radius 3 is 2.33 bits per heavy atom. The molecule has 2 saturated heterocycles. The van der Waals surface area contributed by atoms with Gasteiger partial charge < -0.3 is 10.2 Å². The lowest BCUT2D eigenvalue weighted by molar-refractivity contribution is 0.159. The monoisotopic (exact) mass is 385 g/mol. The van der Waals surface area contributed by atoms with Crippen LogP contribution in [0.3, 0.4) is 0 Å². The molecule has 6 nitrogen and oxygen atoms in total. The van der Waals surface area contributed by atoms with E-state index < -0.39 is 15.1 Å². The van der Waals surface area contributed by atoms with Crippen LogP contribution in [0.5, 0.6) is 0 Å². The zero-order valence-electron chi connectivity index (χ0n) is 15.2. The predicted molar refractivity (Wildman–Crippen MR) is 103 cm³/mol. The van der Waals surface area contributed by atoms with Gasteiger partial charge in [-0.15, -0.1) is 0 Å². The fourth-order valence-corrected chi connectivity index (χ4v) is 5.99. The third kappa shape index (κ3) is 3.43. The Labute approximate surface area is 159 Å². The number of aryl methyl sites for hydroxylation is 1. The minimum Gasteiger partial charge on any atom is -0.318 e.